The quantitative estimate of drug-likeness (QED) is 0.603. The summed E-state index contributed by atoms with van der Waals surface area (Å²) in [5.74, 6) is -1.28. The highest BCUT2D eigenvalue weighted by molar-refractivity contribution is 7.46. The number of phosphoric ester groups is 1. The lowest BCUT2D eigenvalue weighted by molar-refractivity contribution is 0.102. The van der Waals surface area contributed by atoms with Crippen LogP contribution in [0, 0.1) is 0 Å². The minimum absolute atomic E-state index is 0.233. The average molecular weight is 374 g/mol. The Morgan fingerprint density at radius 2 is 1.69 bits per heavy atom. The fourth-order valence-corrected chi connectivity index (χ4v) is 3.02. The highest BCUT2D eigenvalue weighted by atomic mass is 31.2. The van der Waals surface area contributed by atoms with Gasteiger partial charge in [0.2, 0.25) is 0 Å². The standard InChI is InChI=1S/C17H15N2O6P/c1-19-13-10-6-5-9-12(13)15(25-26(22,23)24)14(17(19)21)16(20)18-11-7-3-2-4-8-11/h2-10H,1H3,(H,18,20)(H2,22,23,24). The van der Waals surface area contributed by atoms with Crippen LogP contribution < -0.4 is 15.4 Å². The van der Waals surface area contributed by atoms with E-state index in [9.17, 15) is 23.9 Å². The first-order valence-corrected chi connectivity index (χ1v) is 9.04. The smallest absolute Gasteiger partial charge is 0.402 e. The summed E-state index contributed by atoms with van der Waals surface area (Å²) in [5.41, 5.74) is -0.425. The molecule has 1 heterocycles. The number of pyridine rings is 1. The third-order valence-electron chi connectivity index (χ3n) is 3.72. The highest BCUT2D eigenvalue weighted by Crippen LogP contribution is 2.41. The first kappa shape index (κ1) is 17.9. The van der Waals surface area contributed by atoms with Crippen molar-refractivity contribution in [3.05, 3.63) is 70.5 Å². The van der Waals surface area contributed by atoms with Gasteiger partial charge in [-0.2, -0.15) is 0 Å². The number of anilines is 1. The summed E-state index contributed by atoms with van der Waals surface area (Å²) in [5, 5.41) is 2.76. The molecule has 3 aromatic rings. The maximum Gasteiger partial charge on any atom is 0.524 e. The molecule has 9 heteroatoms. The molecule has 0 bridgehead atoms. The number of benzene rings is 2. The van der Waals surface area contributed by atoms with Crippen LogP contribution in [0.1, 0.15) is 10.4 Å². The number of fused-ring (bicyclic) bond motifs is 1. The van der Waals surface area contributed by atoms with Gasteiger partial charge in [0.05, 0.1) is 5.52 Å². The predicted molar refractivity (Wildman–Crippen MR) is 96.3 cm³/mol. The molecule has 0 unspecified atom stereocenters. The minimum atomic E-state index is -5.00. The average Bonchev–Trinajstić information content (AvgIpc) is 2.59. The molecule has 8 nitrogen and oxygen atoms in total. The molecule has 0 fully saturated rings. The Balaban J connectivity index is 2.24. The number of amides is 1. The first-order valence-electron chi connectivity index (χ1n) is 7.51. The van der Waals surface area contributed by atoms with Gasteiger partial charge in [0.15, 0.2) is 5.75 Å². The zero-order valence-corrected chi connectivity index (χ0v) is 14.5. The Kier molecular flexibility index (Phi) is 4.65. The van der Waals surface area contributed by atoms with Crippen LogP contribution in [0.25, 0.3) is 10.9 Å². The lowest BCUT2D eigenvalue weighted by Crippen LogP contribution is -2.29. The lowest BCUT2D eigenvalue weighted by Gasteiger charge is -2.16. The van der Waals surface area contributed by atoms with Crippen LogP contribution in [0.15, 0.2) is 59.4 Å². The third kappa shape index (κ3) is 3.52. The molecule has 26 heavy (non-hydrogen) atoms. The van der Waals surface area contributed by atoms with Gasteiger partial charge in [-0.15, -0.1) is 0 Å². The summed E-state index contributed by atoms with van der Waals surface area (Å²) in [4.78, 5) is 43.8. The van der Waals surface area contributed by atoms with Crippen molar-refractivity contribution in [3.8, 4) is 5.75 Å². The first-order chi connectivity index (χ1) is 12.3. The topological polar surface area (TPSA) is 118 Å². The second-order valence-corrected chi connectivity index (χ2v) is 6.65. The number of rotatable bonds is 4. The fourth-order valence-electron chi connectivity index (χ4n) is 2.60. The summed E-state index contributed by atoms with van der Waals surface area (Å²) < 4.78 is 17.4. The molecule has 0 aliphatic rings. The van der Waals surface area contributed by atoms with Gasteiger partial charge in [-0.1, -0.05) is 30.3 Å². The fraction of sp³-hybridized carbons (Fsp3) is 0.0588. The Labute approximate surface area is 147 Å². The molecule has 134 valence electrons. The lowest BCUT2D eigenvalue weighted by atomic mass is 10.1. The summed E-state index contributed by atoms with van der Waals surface area (Å²) in [6, 6.07) is 14.8. The number of aryl methyl sites for hydroxylation is 1. The summed E-state index contributed by atoms with van der Waals surface area (Å²) in [6.07, 6.45) is 0. The third-order valence-corrected chi connectivity index (χ3v) is 4.14. The summed E-state index contributed by atoms with van der Waals surface area (Å²) in [6.45, 7) is 0. The SMILES string of the molecule is Cn1c(=O)c(C(=O)Nc2ccccc2)c(OP(=O)(O)O)c2ccccc21. The monoisotopic (exact) mass is 374 g/mol. The van der Waals surface area contributed by atoms with E-state index >= 15 is 0 Å². The van der Waals surface area contributed by atoms with E-state index in [2.05, 4.69) is 5.32 Å². The van der Waals surface area contributed by atoms with Crippen molar-refractivity contribution in [3.63, 3.8) is 0 Å². The second-order valence-electron chi connectivity index (χ2n) is 5.49. The van der Waals surface area contributed by atoms with Gasteiger partial charge in [-0.05, 0) is 24.3 Å². The Hall–Kier alpha value is -2.93. The van der Waals surface area contributed by atoms with Gasteiger partial charge in [0, 0.05) is 18.1 Å². The molecule has 0 spiro atoms. The zero-order valence-electron chi connectivity index (χ0n) is 13.6. The number of hydrogen-bond donors (Lipinski definition) is 3. The Bertz CT molecular complexity index is 1090. The minimum Gasteiger partial charge on any atom is -0.402 e. The van der Waals surface area contributed by atoms with E-state index in [4.69, 9.17) is 4.52 Å². The molecule has 0 saturated carbocycles. The highest BCUT2D eigenvalue weighted by Gasteiger charge is 2.28. The number of aromatic nitrogens is 1. The van der Waals surface area contributed by atoms with Gasteiger partial charge in [-0.25, -0.2) is 4.57 Å². The zero-order chi connectivity index (χ0) is 18.9. The molecule has 1 amide bonds. The Morgan fingerprint density at radius 3 is 2.35 bits per heavy atom. The van der Waals surface area contributed by atoms with Crippen LogP contribution >= 0.6 is 7.82 Å². The molecular formula is C17H15N2O6P. The largest absolute Gasteiger partial charge is 0.524 e. The van der Waals surface area contributed by atoms with E-state index in [0.717, 1.165) is 0 Å². The number of nitrogens with zero attached hydrogens (tertiary/aromatic N) is 1. The van der Waals surface area contributed by atoms with Crippen molar-refractivity contribution in [2.24, 2.45) is 7.05 Å². The molecule has 0 atom stereocenters. The van der Waals surface area contributed by atoms with Gasteiger partial charge < -0.3 is 14.4 Å². The van der Waals surface area contributed by atoms with Gasteiger partial charge in [-0.3, -0.25) is 19.4 Å². The molecule has 3 rings (SSSR count). The van der Waals surface area contributed by atoms with Crippen molar-refractivity contribution in [1.29, 1.82) is 0 Å². The van der Waals surface area contributed by atoms with E-state index in [1.54, 1.807) is 48.5 Å². The molecule has 0 saturated heterocycles. The van der Waals surface area contributed by atoms with Gasteiger partial charge in [0.1, 0.15) is 5.56 Å². The van der Waals surface area contributed by atoms with Crippen LogP contribution in [0.4, 0.5) is 5.69 Å². The van der Waals surface area contributed by atoms with E-state index in [1.807, 2.05) is 0 Å². The van der Waals surface area contributed by atoms with Crippen molar-refractivity contribution >= 4 is 30.3 Å². The molecular weight excluding hydrogens is 359 g/mol. The van der Waals surface area contributed by atoms with Crippen molar-refractivity contribution in [2.75, 3.05) is 5.32 Å². The number of phosphoric acid groups is 1. The Morgan fingerprint density at radius 1 is 1.08 bits per heavy atom. The van der Waals surface area contributed by atoms with E-state index < -0.39 is 30.6 Å². The van der Waals surface area contributed by atoms with Crippen molar-refractivity contribution < 1.29 is 23.7 Å². The number of carbonyl (C=O) groups is 1. The maximum absolute atomic E-state index is 12.7. The molecule has 2 aromatic carbocycles. The predicted octanol–water partition coefficient (Wildman–Crippen LogP) is 2.26. The number of para-hydroxylation sites is 2. The number of carbonyl (C=O) groups excluding carboxylic acids is 1. The van der Waals surface area contributed by atoms with Crippen LogP contribution in [-0.2, 0) is 11.6 Å². The van der Waals surface area contributed by atoms with Crippen molar-refractivity contribution in [2.45, 2.75) is 0 Å². The normalized spacial score (nSPS) is 11.3. The molecule has 0 radical (unpaired) electrons. The van der Waals surface area contributed by atoms with E-state index in [-0.39, 0.29) is 5.39 Å². The molecule has 1 aromatic heterocycles. The second kappa shape index (κ2) is 6.76. The summed E-state index contributed by atoms with van der Waals surface area (Å²) >= 11 is 0. The van der Waals surface area contributed by atoms with Gasteiger partial charge >= 0.3 is 7.82 Å². The van der Waals surface area contributed by atoms with E-state index in [0.29, 0.717) is 11.2 Å². The molecule has 0 aliphatic heterocycles. The number of nitrogens with one attached hydrogen (secondary N) is 1. The summed E-state index contributed by atoms with van der Waals surface area (Å²) in [7, 11) is -3.54. The number of hydrogen-bond acceptors (Lipinski definition) is 4. The van der Waals surface area contributed by atoms with Crippen LogP contribution in [-0.4, -0.2) is 20.3 Å². The van der Waals surface area contributed by atoms with Crippen LogP contribution in [0.5, 0.6) is 5.75 Å². The van der Waals surface area contributed by atoms with Crippen molar-refractivity contribution in [1.82, 2.24) is 4.57 Å². The molecule has 0 aliphatic carbocycles. The molecule has 3 N–H and O–H groups in total. The van der Waals surface area contributed by atoms with E-state index in [1.165, 1.54) is 17.7 Å². The van der Waals surface area contributed by atoms with Crippen LogP contribution in [0.2, 0.25) is 0 Å². The maximum atomic E-state index is 12.7. The van der Waals surface area contributed by atoms with Gasteiger partial charge in [0.25, 0.3) is 11.5 Å². The van der Waals surface area contributed by atoms with Crippen LogP contribution in [0.3, 0.4) is 0 Å².